The van der Waals surface area contributed by atoms with Gasteiger partial charge in [0.15, 0.2) is 5.78 Å². The Kier molecular flexibility index (Phi) is 6.80. The van der Waals surface area contributed by atoms with Gasteiger partial charge in [0.05, 0.1) is 0 Å². The largest absolute Gasteiger partial charge is 0.351 e. The highest BCUT2D eigenvalue weighted by atomic mass is 16.2. The summed E-state index contributed by atoms with van der Waals surface area (Å²) in [7, 11) is 1.99. The highest BCUT2D eigenvalue weighted by molar-refractivity contribution is 6.04. The van der Waals surface area contributed by atoms with Crippen LogP contribution in [0.1, 0.15) is 52.1 Å². The van der Waals surface area contributed by atoms with Crippen LogP contribution in [-0.4, -0.2) is 41.3 Å². The SMILES string of the molecule is CN(CCNC(=O)c1c2c(cn(-c3ccccc3)c1=O)C(=O)CC(C)(C)C2)Cc1ccccc1. The van der Waals surface area contributed by atoms with E-state index in [4.69, 9.17) is 0 Å². The molecular formula is C28H31N3O3. The number of ketones is 1. The van der Waals surface area contributed by atoms with Crippen molar-refractivity contribution in [3.8, 4) is 5.69 Å². The zero-order valence-electron chi connectivity index (χ0n) is 20.0. The van der Waals surface area contributed by atoms with Crippen LogP contribution < -0.4 is 10.9 Å². The van der Waals surface area contributed by atoms with Crippen LogP contribution in [0.4, 0.5) is 0 Å². The lowest BCUT2D eigenvalue weighted by molar-refractivity contribution is 0.0909. The molecule has 0 saturated heterocycles. The van der Waals surface area contributed by atoms with Gasteiger partial charge in [-0.05, 0) is 42.1 Å². The van der Waals surface area contributed by atoms with E-state index in [0.29, 0.717) is 42.7 Å². The van der Waals surface area contributed by atoms with Crippen molar-refractivity contribution in [1.82, 2.24) is 14.8 Å². The molecule has 1 aromatic heterocycles. The van der Waals surface area contributed by atoms with Gasteiger partial charge in [-0.1, -0.05) is 62.4 Å². The Morgan fingerprint density at radius 1 is 1.00 bits per heavy atom. The van der Waals surface area contributed by atoms with E-state index < -0.39 is 11.5 Å². The van der Waals surface area contributed by atoms with Crippen LogP contribution in [0.3, 0.4) is 0 Å². The minimum absolute atomic E-state index is 0.0347. The molecule has 2 aromatic carbocycles. The van der Waals surface area contributed by atoms with Crippen LogP contribution >= 0.6 is 0 Å². The summed E-state index contributed by atoms with van der Waals surface area (Å²) in [4.78, 5) is 42.0. The molecule has 6 heteroatoms. The highest BCUT2D eigenvalue weighted by Crippen LogP contribution is 2.35. The van der Waals surface area contributed by atoms with Crippen molar-refractivity contribution >= 4 is 11.7 Å². The van der Waals surface area contributed by atoms with Gasteiger partial charge >= 0.3 is 0 Å². The number of carbonyl (C=O) groups is 2. The topological polar surface area (TPSA) is 71.4 Å². The first-order valence-electron chi connectivity index (χ1n) is 11.6. The maximum atomic E-state index is 13.5. The molecule has 1 amide bonds. The van der Waals surface area contributed by atoms with Crippen LogP contribution in [0, 0.1) is 5.41 Å². The normalized spacial score (nSPS) is 14.6. The van der Waals surface area contributed by atoms with Crippen molar-refractivity contribution in [2.24, 2.45) is 5.41 Å². The zero-order chi connectivity index (χ0) is 24.3. The van der Waals surface area contributed by atoms with Crippen molar-refractivity contribution in [2.75, 3.05) is 20.1 Å². The fraction of sp³-hybridized carbons (Fsp3) is 0.321. The third-order valence-corrected chi connectivity index (χ3v) is 6.25. The first kappa shape index (κ1) is 23.6. The minimum atomic E-state index is -0.426. The number of benzene rings is 2. The van der Waals surface area contributed by atoms with E-state index in [1.807, 2.05) is 57.3 Å². The lowest BCUT2D eigenvalue weighted by Gasteiger charge is -2.31. The number of nitrogens with one attached hydrogen (secondary N) is 1. The number of carbonyl (C=O) groups excluding carboxylic acids is 2. The van der Waals surface area contributed by atoms with E-state index in [9.17, 15) is 14.4 Å². The molecule has 0 saturated carbocycles. The van der Waals surface area contributed by atoms with E-state index in [1.165, 1.54) is 10.1 Å². The highest BCUT2D eigenvalue weighted by Gasteiger charge is 2.35. The monoisotopic (exact) mass is 457 g/mol. The van der Waals surface area contributed by atoms with E-state index in [1.54, 1.807) is 18.3 Å². The summed E-state index contributed by atoms with van der Waals surface area (Å²) in [5, 5.41) is 2.92. The van der Waals surface area contributed by atoms with Crippen molar-refractivity contribution < 1.29 is 9.59 Å². The Bertz CT molecular complexity index is 1250. The van der Waals surface area contributed by atoms with Crippen LogP contribution in [-0.2, 0) is 13.0 Å². The van der Waals surface area contributed by atoms with Gasteiger partial charge in [0, 0.05) is 43.5 Å². The van der Waals surface area contributed by atoms with Crippen molar-refractivity contribution in [3.05, 3.63) is 99.5 Å². The van der Waals surface area contributed by atoms with Crippen molar-refractivity contribution in [1.29, 1.82) is 0 Å². The molecule has 1 aliphatic carbocycles. The van der Waals surface area contributed by atoms with Gasteiger partial charge < -0.3 is 10.2 Å². The molecule has 1 aliphatic rings. The quantitative estimate of drug-likeness (QED) is 0.585. The summed E-state index contributed by atoms with van der Waals surface area (Å²) in [6.45, 7) is 5.79. The van der Waals surface area contributed by atoms with Gasteiger partial charge in [-0.25, -0.2) is 0 Å². The zero-order valence-corrected chi connectivity index (χ0v) is 20.0. The van der Waals surface area contributed by atoms with Gasteiger partial charge in [0.25, 0.3) is 11.5 Å². The molecule has 0 spiro atoms. The third kappa shape index (κ3) is 5.18. The molecule has 3 aromatic rings. The number of hydrogen-bond acceptors (Lipinski definition) is 4. The second-order valence-electron chi connectivity index (χ2n) is 9.83. The number of rotatable bonds is 7. The maximum Gasteiger partial charge on any atom is 0.268 e. The number of pyridine rings is 1. The van der Waals surface area contributed by atoms with Gasteiger partial charge in [-0.15, -0.1) is 0 Å². The molecule has 0 fully saturated rings. The van der Waals surface area contributed by atoms with Crippen LogP contribution in [0.15, 0.2) is 71.7 Å². The molecule has 0 unspecified atom stereocenters. The molecular weight excluding hydrogens is 426 g/mol. The number of aromatic nitrogens is 1. The molecule has 0 aliphatic heterocycles. The fourth-order valence-electron chi connectivity index (χ4n) is 4.58. The number of hydrogen-bond donors (Lipinski definition) is 1. The van der Waals surface area contributed by atoms with Gasteiger partial charge in [-0.3, -0.25) is 19.0 Å². The Hall–Kier alpha value is -3.51. The molecule has 6 nitrogen and oxygen atoms in total. The summed E-state index contributed by atoms with van der Waals surface area (Å²) in [6.07, 6.45) is 2.50. The molecule has 0 bridgehead atoms. The average Bonchev–Trinajstić information content (AvgIpc) is 2.79. The second kappa shape index (κ2) is 9.77. The second-order valence-corrected chi connectivity index (χ2v) is 9.83. The molecule has 1 heterocycles. The lowest BCUT2D eigenvalue weighted by Crippen LogP contribution is -2.40. The van der Waals surface area contributed by atoms with Crippen LogP contribution in [0.5, 0.6) is 0 Å². The van der Waals surface area contributed by atoms with E-state index >= 15 is 0 Å². The summed E-state index contributed by atoms with van der Waals surface area (Å²) in [6, 6.07) is 19.2. The fourth-order valence-corrected chi connectivity index (χ4v) is 4.58. The summed E-state index contributed by atoms with van der Waals surface area (Å²) < 4.78 is 1.42. The molecule has 1 N–H and O–H groups in total. The predicted octanol–water partition coefficient (Wildman–Crippen LogP) is 3.85. The first-order chi connectivity index (χ1) is 16.2. The predicted molar refractivity (Wildman–Crippen MR) is 134 cm³/mol. The Labute approximate surface area is 200 Å². The molecule has 0 atom stereocenters. The van der Waals surface area contributed by atoms with E-state index in [2.05, 4.69) is 22.3 Å². The van der Waals surface area contributed by atoms with Crippen LogP contribution in [0.25, 0.3) is 5.69 Å². The van der Waals surface area contributed by atoms with Crippen LogP contribution in [0.2, 0.25) is 0 Å². The Morgan fingerprint density at radius 3 is 2.32 bits per heavy atom. The molecule has 4 rings (SSSR count). The molecule has 176 valence electrons. The lowest BCUT2D eigenvalue weighted by atomic mass is 9.73. The van der Waals surface area contributed by atoms with Gasteiger partial charge in [-0.2, -0.15) is 0 Å². The smallest absolute Gasteiger partial charge is 0.268 e. The van der Waals surface area contributed by atoms with Crippen molar-refractivity contribution in [2.45, 2.75) is 33.2 Å². The number of Topliss-reactive ketones (excluding diaryl/α,β-unsaturated/α-hetero) is 1. The Balaban J connectivity index is 1.60. The molecule has 0 radical (unpaired) electrons. The number of nitrogens with zero attached hydrogens (tertiary/aromatic N) is 2. The Morgan fingerprint density at radius 2 is 1.65 bits per heavy atom. The van der Waals surface area contributed by atoms with Gasteiger partial charge in [0.1, 0.15) is 5.56 Å². The number of amides is 1. The standard InChI is InChI=1S/C28H31N3O3/c1-28(2)16-22-23(24(32)17-28)19-31(21-12-8-5-9-13-21)27(34)25(22)26(33)29-14-15-30(3)18-20-10-6-4-7-11-20/h4-13,19H,14-18H2,1-3H3,(H,29,33). The van der Waals surface area contributed by atoms with E-state index in [0.717, 1.165) is 6.54 Å². The minimum Gasteiger partial charge on any atom is -0.351 e. The third-order valence-electron chi connectivity index (χ3n) is 6.25. The molecule has 34 heavy (non-hydrogen) atoms. The summed E-state index contributed by atoms with van der Waals surface area (Å²) in [5.41, 5.74) is 2.23. The number of fused-ring (bicyclic) bond motifs is 1. The van der Waals surface area contributed by atoms with Crippen molar-refractivity contribution in [3.63, 3.8) is 0 Å². The average molecular weight is 458 g/mol. The summed E-state index contributed by atoms with van der Waals surface area (Å²) >= 11 is 0. The van der Waals surface area contributed by atoms with Gasteiger partial charge in [0.2, 0.25) is 0 Å². The number of para-hydroxylation sites is 1. The number of likely N-dealkylation sites (N-methyl/N-ethyl adjacent to an activating group) is 1. The first-order valence-corrected chi connectivity index (χ1v) is 11.6. The summed E-state index contributed by atoms with van der Waals surface area (Å²) in [5.74, 6) is -0.460. The van der Waals surface area contributed by atoms with E-state index in [-0.39, 0.29) is 16.8 Å². The maximum absolute atomic E-state index is 13.5.